The van der Waals surface area contributed by atoms with E-state index in [1.165, 1.54) is 64.2 Å². The van der Waals surface area contributed by atoms with Crippen molar-refractivity contribution in [3.8, 4) is 0 Å². The van der Waals surface area contributed by atoms with Crippen LogP contribution in [0.4, 0.5) is 0 Å². The number of rotatable bonds is 2. The van der Waals surface area contributed by atoms with E-state index < -0.39 is 0 Å². The van der Waals surface area contributed by atoms with Crippen molar-refractivity contribution in [2.75, 3.05) is 6.61 Å². The van der Waals surface area contributed by atoms with Gasteiger partial charge in [0, 0.05) is 6.61 Å². The molecule has 0 spiro atoms. The molecule has 1 nitrogen and oxygen atoms in total. The zero-order valence-corrected chi connectivity index (χ0v) is 15.7. The molecule has 0 amide bonds. The predicted octanol–water partition coefficient (Wildman–Crippen LogP) is 5.66. The van der Waals surface area contributed by atoms with Crippen LogP contribution in [0.2, 0.25) is 0 Å². The molecule has 1 unspecified atom stereocenters. The maximum absolute atomic E-state index is 9.73. The summed E-state index contributed by atoms with van der Waals surface area (Å²) in [6, 6.07) is 0. The van der Waals surface area contributed by atoms with Gasteiger partial charge < -0.3 is 5.11 Å². The molecule has 0 aliphatic heterocycles. The minimum Gasteiger partial charge on any atom is -0.396 e. The Morgan fingerprint density at radius 1 is 0.870 bits per heavy atom. The van der Waals surface area contributed by atoms with Crippen LogP contribution in [0.25, 0.3) is 0 Å². The summed E-state index contributed by atoms with van der Waals surface area (Å²) in [6.45, 7) is 7.97. The normalized spacial score (nSPS) is 54.0. The summed E-state index contributed by atoms with van der Waals surface area (Å²) in [5.74, 6) is 5.29. The first kappa shape index (κ1) is 16.4. The molecule has 4 aliphatic rings. The van der Waals surface area contributed by atoms with E-state index in [0.29, 0.717) is 23.4 Å². The van der Waals surface area contributed by atoms with Crippen molar-refractivity contribution in [2.45, 2.75) is 85.0 Å². The fraction of sp³-hybridized carbons (Fsp3) is 1.00. The second kappa shape index (κ2) is 5.75. The Hall–Kier alpha value is -0.0400. The third-order valence-electron chi connectivity index (χ3n) is 9.63. The van der Waals surface area contributed by atoms with E-state index >= 15 is 0 Å². The van der Waals surface area contributed by atoms with Crippen molar-refractivity contribution in [3.63, 3.8) is 0 Å². The lowest BCUT2D eigenvalue weighted by Crippen LogP contribution is -2.53. The van der Waals surface area contributed by atoms with Crippen LogP contribution < -0.4 is 0 Å². The molecule has 4 rings (SSSR count). The SMILES string of the molecule is C[C@H](CO)[C@H]1CC[C@H]2[C@@H]3CCC4CCCC[C@]4(C)[C@H]3CC[C@]12C. The lowest BCUT2D eigenvalue weighted by atomic mass is 9.44. The number of aliphatic hydroxyl groups excluding tert-OH is 1. The largest absolute Gasteiger partial charge is 0.396 e. The second-order valence-corrected chi connectivity index (χ2v) is 10.3. The molecule has 0 aromatic heterocycles. The van der Waals surface area contributed by atoms with Crippen LogP contribution in [-0.2, 0) is 0 Å². The molecule has 23 heavy (non-hydrogen) atoms. The Morgan fingerprint density at radius 2 is 1.65 bits per heavy atom. The molecular formula is C22H38O. The number of fused-ring (bicyclic) bond motifs is 5. The Bertz CT molecular complexity index is 445. The minimum absolute atomic E-state index is 0.390. The molecule has 4 aliphatic carbocycles. The predicted molar refractivity (Wildman–Crippen MR) is 96.1 cm³/mol. The molecule has 0 aromatic rings. The van der Waals surface area contributed by atoms with Crippen molar-refractivity contribution in [3.05, 3.63) is 0 Å². The van der Waals surface area contributed by atoms with E-state index in [1.54, 1.807) is 0 Å². The summed E-state index contributed by atoms with van der Waals surface area (Å²) in [5, 5.41) is 9.73. The zero-order valence-electron chi connectivity index (χ0n) is 15.7. The zero-order chi connectivity index (χ0) is 16.2. The summed E-state index contributed by atoms with van der Waals surface area (Å²) < 4.78 is 0. The summed E-state index contributed by atoms with van der Waals surface area (Å²) in [4.78, 5) is 0. The quantitative estimate of drug-likeness (QED) is 0.696. The first-order valence-corrected chi connectivity index (χ1v) is 10.6. The summed E-state index contributed by atoms with van der Waals surface area (Å²) in [6.07, 6.45) is 14.8. The molecule has 132 valence electrons. The van der Waals surface area contributed by atoms with Crippen molar-refractivity contribution < 1.29 is 5.11 Å². The van der Waals surface area contributed by atoms with E-state index in [9.17, 15) is 5.11 Å². The lowest BCUT2D eigenvalue weighted by molar-refractivity contribution is -0.115. The van der Waals surface area contributed by atoms with E-state index in [1.807, 2.05) is 0 Å². The molecule has 0 bridgehead atoms. The molecule has 0 saturated heterocycles. The van der Waals surface area contributed by atoms with Crippen molar-refractivity contribution in [2.24, 2.45) is 46.3 Å². The fourth-order valence-electron chi connectivity index (χ4n) is 8.40. The topological polar surface area (TPSA) is 20.2 Å². The van der Waals surface area contributed by atoms with Gasteiger partial charge in [-0.05, 0) is 97.7 Å². The van der Waals surface area contributed by atoms with Gasteiger partial charge in [-0.15, -0.1) is 0 Å². The highest BCUT2D eigenvalue weighted by molar-refractivity contribution is 5.09. The molecule has 0 radical (unpaired) electrons. The molecule has 1 N–H and O–H groups in total. The van der Waals surface area contributed by atoms with Crippen LogP contribution >= 0.6 is 0 Å². The van der Waals surface area contributed by atoms with Crippen molar-refractivity contribution in [1.29, 1.82) is 0 Å². The molecule has 0 aromatic carbocycles. The van der Waals surface area contributed by atoms with E-state index in [4.69, 9.17) is 0 Å². The molecule has 8 atom stereocenters. The van der Waals surface area contributed by atoms with Gasteiger partial charge in [-0.3, -0.25) is 0 Å². The molecular weight excluding hydrogens is 280 g/mol. The molecule has 0 heterocycles. The highest BCUT2D eigenvalue weighted by Crippen LogP contribution is 2.68. The average molecular weight is 319 g/mol. The number of hydrogen-bond acceptors (Lipinski definition) is 1. The van der Waals surface area contributed by atoms with Crippen LogP contribution in [0.5, 0.6) is 0 Å². The van der Waals surface area contributed by atoms with Crippen molar-refractivity contribution >= 4 is 0 Å². The van der Waals surface area contributed by atoms with Gasteiger partial charge in [0.25, 0.3) is 0 Å². The second-order valence-electron chi connectivity index (χ2n) is 10.3. The van der Waals surface area contributed by atoms with E-state index in [0.717, 1.165) is 29.6 Å². The van der Waals surface area contributed by atoms with Crippen LogP contribution in [-0.4, -0.2) is 11.7 Å². The Morgan fingerprint density at radius 3 is 2.43 bits per heavy atom. The standard InChI is InChI=1S/C22H38O/c1-15(14-23)18-9-10-19-17-8-7-16-6-4-5-12-21(16,2)20(17)11-13-22(18,19)3/h15-20,23H,4-14H2,1-3H3/t15-,16?,17+,18-,19+,20+,21+,22-/m1/s1. The van der Waals surface area contributed by atoms with E-state index in [-0.39, 0.29) is 0 Å². The third kappa shape index (κ3) is 2.28. The first-order valence-electron chi connectivity index (χ1n) is 10.6. The van der Waals surface area contributed by atoms with E-state index in [2.05, 4.69) is 20.8 Å². The van der Waals surface area contributed by atoms with Gasteiger partial charge in [-0.1, -0.05) is 33.6 Å². The third-order valence-corrected chi connectivity index (χ3v) is 9.63. The van der Waals surface area contributed by atoms with Gasteiger partial charge in [0.2, 0.25) is 0 Å². The van der Waals surface area contributed by atoms with Crippen molar-refractivity contribution in [1.82, 2.24) is 0 Å². The first-order chi connectivity index (χ1) is 11.0. The van der Waals surface area contributed by atoms with Crippen LogP contribution in [0.15, 0.2) is 0 Å². The molecule has 4 fully saturated rings. The van der Waals surface area contributed by atoms with Gasteiger partial charge >= 0.3 is 0 Å². The maximum atomic E-state index is 9.73. The van der Waals surface area contributed by atoms with Crippen LogP contribution in [0.3, 0.4) is 0 Å². The fourth-order valence-corrected chi connectivity index (χ4v) is 8.40. The Balaban J connectivity index is 1.60. The lowest BCUT2D eigenvalue weighted by Gasteiger charge is -2.60. The van der Waals surface area contributed by atoms with Gasteiger partial charge in [0.05, 0.1) is 0 Å². The van der Waals surface area contributed by atoms with Crippen LogP contribution in [0.1, 0.15) is 85.0 Å². The molecule has 4 saturated carbocycles. The van der Waals surface area contributed by atoms with Gasteiger partial charge in [-0.2, -0.15) is 0 Å². The number of aliphatic hydroxyl groups is 1. The number of hydrogen-bond donors (Lipinski definition) is 1. The highest BCUT2D eigenvalue weighted by Gasteiger charge is 2.59. The summed E-state index contributed by atoms with van der Waals surface area (Å²) in [5.41, 5.74) is 1.20. The van der Waals surface area contributed by atoms with Gasteiger partial charge in [0.15, 0.2) is 0 Å². The van der Waals surface area contributed by atoms with Gasteiger partial charge in [-0.25, -0.2) is 0 Å². The summed E-state index contributed by atoms with van der Waals surface area (Å²) in [7, 11) is 0. The maximum Gasteiger partial charge on any atom is 0.0459 e. The van der Waals surface area contributed by atoms with Gasteiger partial charge in [0.1, 0.15) is 0 Å². The average Bonchev–Trinajstić information content (AvgIpc) is 2.91. The summed E-state index contributed by atoms with van der Waals surface area (Å²) >= 11 is 0. The van der Waals surface area contributed by atoms with Crippen LogP contribution in [0, 0.1) is 46.3 Å². The monoisotopic (exact) mass is 318 g/mol. The molecule has 1 heteroatoms. The minimum atomic E-state index is 0.390. The smallest absolute Gasteiger partial charge is 0.0459 e. The Labute approximate surface area is 143 Å². The Kier molecular flexibility index (Phi) is 4.11. The highest BCUT2D eigenvalue weighted by atomic mass is 16.3.